The normalized spacial score (nSPS) is 22.3. The van der Waals surface area contributed by atoms with Crippen LogP contribution in [0.3, 0.4) is 0 Å². The van der Waals surface area contributed by atoms with E-state index in [1.165, 1.54) is 0 Å². The van der Waals surface area contributed by atoms with Gasteiger partial charge in [-0.1, -0.05) is 20.3 Å². The third-order valence-electron chi connectivity index (χ3n) is 3.72. The Hall–Kier alpha value is -1.10. The molecular weight excluding hydrogens is 242 g/mol. The van der Waals surface area contributed by atoms with Crippen LogP contribution in [0, 0.1) is 0 Å². The highest BCUT2D eigenvalue weighted by Gasteiger charge is 2.42. The maximum Gasteiger partial charge on any atom is 0.243 e. The lowest BCUT2D eigenvalue weighted by atomic mass is 9.90. The van der Waals surface area contributed by atoms with Crippen LogP contribution >= 0.6 is 0 Å². The first kappa shape index (κ1) is 16.0. The van der Waals surface area contributed by atoms with E-state index in [0.717, 1.165) is 38.6 Å². The number of hydrogen-bond donors (Lipinski definition) is 2. The molecular formula is C14H27N3O2. The Morgan fingerprint density at radius 2 is 2.05 bits per heavy atom. The predicted octanol–water partition coefficient (Wildman–Crippen LogP) is 0.893. The number of rotatable bonds is 7. The highest BCUT2D eigenvalue weighted by Crippen LogP contribution is 2.27. The van der Waals surface area contributed by atoms with E-state index in [4.69, 9.17) is 0 Å². The Labute approximate surface area is 116 Å². The minimum absolute atomic E-state index is 0.0947. The van der Waals surface area contributed by atoms with E-state index in [9.17, 15) is 9.59 Å². The fourth-order valence-electron chi connectivity index (χ4n) is 2.81. The lowest BCUT2D eigenvalue weighted by Crippen LogP contribution is -2.56. The molecule has 0 aliphatic carbocycles. The van der Waals surface area contributed by atoms with Crippen LogP contribution in [0.4, 0.5) is 0 Å². The van der Waals surface area contributed by atoms with Crippen LogP contribution in [-0.4, -0.2) is 48.9 Å². The van der Waals surface area contributed by atoms with E-state index in [2.05, 4.69) is 17.6 Å². The molecule has 1 heterocycles. The first-order chi connectivity index (χ1) is 9.09. The van der Waals surface area contributed by atoms with Gasteiger partial charge in [-0.15, -0.1) is 0 Å². The van der Waals surface area contributed by atoms with Gasteiger partial charge >= 0.3 is 0 Å². The SMILES string of the molecule is CCCN(CC(=O)NC)C(=O)C1(CCC)CCCN1. The minimum atomic E-state index is -0.433. The van der Waals surface area contributed by atoms with Crippen molar-refractivity contribution in [1.82, 2.24) is 15.5 Å². The summed E-state index contributed by atoms with van der Waals surface area (Å²) in [5, 5.41) is 5.97. The summed E-state index contributed by atoms with van der Waals surface area (Å²) in [5.41, 5.74) is -0.433. The number of nitrogens with zero attached hydrogens (tertiary/aromatic N) is 1. The zero-order valence-corrected chi connectivity index (χ0v) is 12.4. The standard InChI is InChI=1S/C14H27N3O2/c1-4-7-14(8-6-9-16-14)13(19)17(10-5-2)11-12(18)15-3/h16H,4-11H2,1-3H3,(H,15,18). The van der Waals surface area contributed by atoms with Crippen LogP contribution < -0.4 is 10.6 Å². The van der Waals surface area contributed by atoms with Crippen LogP contribution in [-0.2, 0) is 9.59 Å². The molecule has 0 aromatic heterocycles. The van der Waals surface area contributed by atoms with Crippen molar-refractivity contribution in [3.05, 3.63) is 0 Å². The molecule has 0 aromatic carbocycles. The number of carbonyl (C=O) groups is 2. The summed E-state index contributed by atoms with van der Waals surface area (Å²) in [5.74, 6) is -0.0104. The highest BCUT2D eigenvalue weighted by molar-refractivity contribution is 5.90. The summed E-state index contributed by atoms with van der Waals surface area (Å²) in [6, 6.07) is 0. The van der Waals surface area contributed by atoms with Gasteiger partial charge in [-0.3, -0.25) is 9.59 Å². The van der Waals surface area contributed by atoms with Gasteiger partial charge in [0, 0.05) is 13.6 Å². The fraction of sp³-hybridized carbons (Fsp3) is 0.857. The van der Waals surface area contributed by atoms with Gasteiger partial charge in [0.2, 0.25) is 11.8 Å². The Bertz CT molecular complexity index is 312. The number of nitrogens with one attached hydrogen (secondary N) is 2. The fourth-order valence-corrected chi connectivity index (χ4v) is 2.81. The molecule has 0 bridgehead atoms. The first-order valence-corrected chi connectivity index (χ1v) is 7.34. The topological polar surface area (TPSA) is 61.4 Å². The van der Waals surface area contributed by atoms with Crippen LogP contribution in [0.5, 0.6) is 0 Å². The zero-order valence-electron chi connectivity index (χ0n) is 12.4. The summed E-state index contributed by atoms with van der Waals surface area (Å²) in [6.07, 6.45) is 4.60. The quantitative estimate of drug-likeness (QED) is 0.721. The van der Waals surface area contributed by atoms with Crippen LogP contribution in [0.15, 0.2) is 0 Å². The van der Waals surface area contributed by atoms with Crippen LogP contribution in [0.25, 0.3) is 0 Å². The molecule has 1 atom stereocenters. The average molecular weight is 269 g/mol. The molecule has 5 nitrogen and oxygen atoms in total. The molecule has 1 unspecified atom stereocenters. The number of amides is 2. The maximum atomic E-state index is 12.8. The first-order valence-electron chi connectivity index (χ1n) is 7.34. The third kappa shape index (κ3) is 3.93. The smallest absolute Gasteiger partial charge is 0.243 e. The third-order valence-corrected chi connectivity index (χ3v) is 3.72. The van der Waals surface area contributed by atoms with Crippen LogP contribution in [0.2, 0.25) is 0 Å². The van der Waals surface area contributed by atoms with E-state index in [1.807, 2.05) is 6.92 Å². The van der Waals surface area contributed by atoms with Crippen LogP contribution in [0.1, 0.15) is 46.0 Å². The second kappa shape index (κ2) is 7.48. The van der Waals surface area contributed by atoms with Gasteiger partial charge in [-0.2, -0.15) is 0 Å². The number of carbonyl (C=O) groups excluding carboxylic acids is 2. The monoisotopic (exact) mass is 269 g/mol. The van der Waals surface area contributed by atoms with Gasteiger partial charge in [0.1, 0.15) is 0 Å². The summed E-state index contributed by atoms with van der Waals surface area (Å²) < 4.78 is 0. The van der Waals surface area contributed by atoms with Gasteiger partial charge in [-0.05, 0) is 32.2 Å². The molecule has 1 fully saturated rings. The largest absolute Gasteiger partial charge is 0.358 e. The van der Waals surface area contributed by atoms with Gasteiger partial charge in [0.25, 0.3) is 0 Å². The van der Waals surface area contributed by atoms with Crippen molar-refractivity contribution in [3.63, 3.8) is 0 Å². The van der Waals surface area contributed by atoms with E-state index < -0.39 is 5.54 Å². The Morgan fingerprint density at radius 3 is 2.53 bits per heavy atom. The highest BCUT2D eigenvalue weighted by atomic mass is 16.2. The van der Waals surface area contributed by atoms with Crippen molar-refractivity contribution in [2.24, 2.45) is 0 Å². The van der Waals surface area contributed by atoms with Gasteiger partial charge in [0.05, 0.1) is 12.1 Å². The van der Waals surface area contributed by atoms with Crippen molar-refractivity contribution in [2.45, 2.75) is 51.5 Å². The molecule has 1 aliphatic heterocycles. The predicted molar refractivity (Wildman–Crippen MR) is 75.8 cm³/mol. The second-order valence-corrected chi connectivity index (χ2v) is 5.26. The molecule has 1 aliphatic rings. The zero-order chi connectivity index (χ0) is 14.3. The molecule has 1 saturated heterocycles. The average Bonchev–Trinajstić information content (AvgIpc) is 2.87. The second-order valence-electron chi connectivity index (χ2n) is 5.26. The Morgan fingerprint density at radius 1 is 1.32 bits per heavy atom. The van der Waals surface area contributed by atoms with Gasteiger partial charge in [0.15, 0.2) is 0 Å². The molecule has 2 N–H and O–H groups in total. The molecule has 1 rings (SSSR count). The Kier molecular flexibility index (Phi) is 6.28. The van der Waals surface area contributed by atoms with Crippen molar-refractivity contribution < 1.29 is 9.59 Å². The van der Waals surface area contributed by atoms with Crippen molar-refractivity contribution in [2.75, 3.05) is 26.7 Å². The number of hydrogen-bond acceptors (Lipinski definition) is 3. The number of likely N-dealkylation sites (N-methyl/N-ethyl adjacent to an activating group) is 1. The summed E-state index contributed by atoms with van der Waals surface area (Å²) in [4.78, 5) is 26.0. The minimum Gasteiger partial charge on any atom is -0.358 e. The summed E-state index contributed by atoms with van der Waals surface area (Å²) in [6.45, 7) is 5.82. The van der Waals surface area contributed by atoms with Crippen molar-refractivity contribution in [1.29, 1.82) is 0 Å². The van der Waals surface area contributed by atoms with E-state index >= 15 is 0 Å². The van der Waals surface area contributed by atoms with Crippen molar-refractivity contribution in [3.8, 4) is 0 Å². The lowest BCUT2D eigenvalue weighted by molar-refractivity contribution is -0.141. The summed E-state index contributed by atoms with van der Waals surface area (Å²) >= 11 is 0. The lowest BCUT2D eigenvalue weighted by Gasteiger charge is -2.34. The molecule has 0 spiro atoms. The molecule has 110 valence electrons. The molecule has 0 aromatic rings. The van der Waals surface area contributed by atoms with E-state index in [0.29, 0.717) is 6.54 Å². The molecule has 5 heteroatoms. The molecule has 0 saturated carbocycles. The Balaban J connectivity index is 2.80. The van der Waals surface area contributed by atoms with E-state index in [-0.39, 0.29) is 18.4 Å². The molecule has 2 amide bonds. The summed E-state index contributed by atoms with van der Waals surface area (Å²) in [7, 11) is 1.60. The van der Waals surface area contributed by atoms with E-state index in [1.54, 1.807) is 11.9 Å². The molecule has 0 radical (unpaired) electrons. The van der Waals surface area contributed by atoms with Crippen molar-refractivity contribution >= 4 is 11.8 Å². The van der Waals surface area contributed by atoms with Gasteiger partial charge < -0.3 is 15.5 Å². The van der Waals surface area contributed by atoms with Gasteiger partial charge in [-0.25, -0.2) is 0 Å². The molecule has 19 heavy (non-hydrogen) atoms. The maximum absolute atomic E-state index is 12.8.